The van der Waals surface area contributed by atoms with Gasteiger partial charge in [-0.2, -0.15) is 9.47 Å². The molecule has 1 saturated heterocycles. The quantitative estimate of drug-likeness (QED) is 0.911. The van der Waals surface area contributed by atoms with Gasteiger partial charge in [0.2, 0.25) is 0 Å². The Morgan fingerprint density at radius 2 is 1.90 bits per heavy atom. The highest BCUT2D eigenvalue weighted by atomic mass is 32.1. The van der Waals surface area contributed by atoms with Crippen molar-refractivity contribution in [2.45, 2.75) is 32.9 Å². The zero-order valence-corrected chi connectivity index (χ0v) is 13.4. The van der Waals surface area contributed by atoms with E-state index in [1.165, 1.54) is 5.56 Å². The van der Waals surface area contributed by atoms with Gasteiger partial charge in [0.05, 0.1) is 12.7 Å². The molecule has 0 radical (unpaired) electrons. The Bertz CT molecular complexity index is 542. The highest BCUT2D eigenvalue weighted by Crippen LogP contribution is 2.16. The molecule has 0 aliphatic carbocycles. The van der Waals surface area contributed by atoms with E-state index in [9.17, 15) is 0 Å². The number of aromatic nitrogens is 4. The first-order valence-electron chi connectivity index (χ1n) is 7.45. The van der Waals surface area contributed by atoms with Crippen LogP contribution in [0.4, 0.5) is 0 Å². The van der Waals surface area contributed by atoms with E-state index >= 15 is 0 Å². The molecule has 2 aromatic rings. The molecule has 1 aliphatic heterocycles. The minimum absolute atomic E-state index is 0.418. The molecule has 6 nitrogen and oxygen atoms in total. The molecule has 2 aromatic heterocycles. The molecule has 0 amide bonds. The van der Waals surface area contributed by atoms with Crippen LogP contribution in [0.5, 0.6) is 0 Å². The van der Waals surface area contributed by atoms with Gasteiger partial charge in [-0.15, -0.1) is 0 Å². The zero-order chi connectivity index (χ0) is 14.7. The van der Waals surface area contributed by atoms with Crippen molar-refractivity contribution in [2.75, 3.05) is 26.2 Å². The predicted molar refractivity (Wildman–Crippen MR) is 83.1 cm³/mol. The Hall–Kier alpha value is -1.31. The first-order chi connectivity index (χ1) is 10.2. The molecule has 7 heteroatoms. The van der Waals surface area contributed by atoms with Crippen LogP contribution in [-0.4, -0.2) is 55.5 Å². The van der Waals surface area contributed by atoms with E-state index in [1.807, 2.05) is 12.4 Å². The predicted octanol–water partition coefficient (Wildman–Crippen LogP) is 1.70. The van der Waals surface area contributed by atoms with Crippen LogP contribution in [0.15, 0.2) is 12.4 Å². The maximum atomic E-state index is 4.62. The summed E-state index contributed by atoms with van der Waals surface area (Å²) in [5.74, 6) is 1.40. The standard InChI is InChI=1S/C14H22N6S/c1-11(2)14-17-13(21-18-14)10-20-5-3-19(4-6-20)9-12-7-15-16-8-12/h7-8,11H,3-6,9-10H2,1-2H3,(H,15,16). The lowest BCUT2D eigenvalue weighted by atomic mass is 10.2. The van der Waals surface area contributed by atoms with Crippen LogP contribution in [0.25, 0.3) is 0 Å². The molecule has 0 bridgehead atoms. The highest BCUT2D eigenvalue weighted by Gasteiger charge is 2.19. The first-order valence-corrected chi connectivity index (χ1v) is 8.23. The van der Waals surface area contributed by atoms with Gasteiger partial charge in [-0.1, -0.05) is 13.8 Å². The SMILES string of the molecule is CC(C)c1nsc(CN2CCN(Cc3cn[nH]c3)CC2)n1. The van der Waals surface area contributed by atoms with Gasteiger partial charge in [0.1, 0.15) is 10.8 Å². The van der Waals surface area contributed by atoms with Crippen molar-refractivity contribution in [3.05, 3.63) is 28.8 Å². The summed E-state index contributed by atoms with van der Waals surface area (Å²) in [5.41, 5.74) is 1.26. The third-order valence-electron chi connectivity index (χ3n) is 3.79. The van der Waals surface area contributed by atoms with Crippen LogP contribution >= 0.6 is 11.5 Å². The lowest BCUT2D eigenvalue weighted by Gasteiger charge is -2.33. The number of nitrogens with zero attached hydrogens (tertiary/aromatic N) is 5. The van der Waals surface area contributed by atoms with Crippen LogP contribution < -0.4 is 0 Å². The summed E-state index contributed by atoms with van der Waals surface area (Å²) in [5, 5.41) is 8.01. The average Bonchev–Trinajstić information content (AvgIpc) is 3.12. The molecular weight excluding hydrogens is 284 g/mol. The zero-order valence-electron chi connectivity index (χ0n) is 12.6. The molecule has 1 aliphatic rings. The number of hydrogen-bond acceptors (Lipinski definition) is 6. The Labute approximate surface area is 129 Å². The number of nitrogens with one attached hydrogen (secondary N) is 1. The molecule has 0 aromatic carbocycles. The molecule has 1 N–H and O–H groups in total. The van der Waals surface area contributed by atoms with Crippen molar-refractivity contribution < 1.29 is 0 Å². The van der Waals surface area contributed by atoms with Gasteiger partial charge < -0.3 is 0 Å². The van der Waals surface area contributed by atoms with Crippen LogP contribution in [-0.2, 0) is 13.1 Å². The van der Waals surface area contributed by atoms with Crippen LogP contribution in [0, 0.1) is 0 Å². The van der Waals surface area contributed by atoms with Gasteiger partial charge in [0.15, 0.2) is 0 Å². The van der Waals surface area contributed by atoms with Crippen LogP contribution in [0.2, 0.25) is 0 Å². The summed E-state index contributed by atoms with van der Waals surface area (Å²) in [4.78, 5) is 9.57. The Morgan fingerprint density at radius 1 is 1.19 bits per heavy atom. The van der Waals surface area contributed by atoms with Gasteiger partial charge in [-0.3, -0.25) is 14.9 Å². The molecular formula is C14H22N6S. The second-order valence-corrected chi connectivity index (χ2v) is 6.70. The Kier molecular flexibility index (Phi) is 4.62. The highest BCUT2D eigenvalue weighted by molar-refractivity contribution is 7.05. The molecule has 114 valence electrons. The Balaban J connectivity index is 1.47. The maximum absolute atomic E-state index is 4.62. The van der Waals surface area contributed by atoms with Crippen molar-refractivity contribution in [2.24, 2.45) is 0 Å². The topological polar surface area (TPSA) is 60.9 Å². The van der Waals surface area contributed by atoms with Gasteiger partial charge in [-0.05, 0) is 11.5 Å². The number of aromatic amines is 1. The largest absolute Gasteiger partial charge is 0.296 e. The summed E-state index contributed by atoms with van der Waals surface area (Å²) in [6.07, 6.45) is 3.88. The number of rotatable bonds is 5. The molecule has 0 spiro atoms. The van der Waals surface area contributed by atoms with Crippen molar-refractivity contribution in [1.82, 2.24) is 29.4 Å². The monoisotopic (exact) mass is 306 g/mol. The fourth-order valence-electron chi connectivity index (χ4n) is 2.49. The van der Waals surface area contributed by atoms with E-state index in [0.29, 0.717) is 5.92 Å². The average molecular weight is 306 g/mol. The third-order valence-corrected chi connectivity index (χ3v) is 4.49. The smallest absolute Gasteiger partial charge is 0.145 e. The van der Waals surface area contributed by atoms with Crippen molar-refractivity contribution in [3.8, 4) is 0 Å². The summed E-state index contributed by atoms with van der Waals surface area (Å²) >= 11 is 1.55. The van der Waals surface area contributed by atoms with Crippen molar-refractivity contribution in [1.29, 1.82) is 0 Å². The molecule has 1 fully saturated rings. The van der Waals surface area contributed by atoms with E-state index < -0.39 is 0 Å². The summed E-state index contributed by atoms with van der Waals surface area (Å²) in [6, 6.07) is 0. The Morgan fingerprint density at radius 3 is 2.48 bits per heavy atom. The van der Waals surface area contributed by atoms with Gasteiger partial charge in [-0.25, -0.2) is 4.98 Å². The van der Waals surface area contributed by atoms with Gasteiger partial charge in [0.25, 0.3) is 0 Å². The molecule has 3 rings (SSSR count). The maximum Gasteiger partial charge on any atom is 0.145 e. The number of hydrogen-bond donors (Lipinski definition) is 1. The number of H-pyrrole nitrogens is 1. The summed E-state index contributed by atoms with van der Waals surface area (Å²) < 4.78 is 4.43. The van der Waals surface area contributed by atoms with E-state index in [-0.39, 0.29) is 0 Å². The van der Waals surface area contributed by atoms with E-state index in [1.54, 1.807) is 11.5 Å². The normalized spacial score (nSPS) is 17.7. The van der Waals surface area contributed by atoms with Gasteiger partial charge >= 0.3 is 0 Å². The molecule has 0 saturated carbocycles. The van der Waals surface area contributed by atoms with Crippen LogP contribution in [0.1, 0.15) is 36.2 Å². The second-order valence-electron chi connectivity index (χ2n) is 5.86. The van der Waals surface area contributed by atoms with Crippen LogP contribution in [0.3, 0.4) is 0 Å². The van der Waals surface area contributed by atoms with E-state index in [4.69, 9.17) is 0 Å². The molecule has 21 heavy (non-hydrogen) atoms. The van der Waals surface area contributed by atoms with Crippen molar-refractivity contribution >= 4 is 11.5 Å². The lowest BCUT2D eigenvalue weighted by Crippen LogP contribution is -2.45. The summed E-state index contributed by atoms with van der Waals surface area (Å²) in [6.45, 7) is 10.6. The molecule has 0 atom stereocenters. The molecule has 0 unspecified atom stereocenters. The minimum Gasteiger partial charge on any atom is -0.296 e. The second kappa shape index (κ2) is 6.64. The first kappa shape index (κ1) is 14.6. The van der Waals surface area contributed by atoms with Crippen molar-refractivity contribution in [3.63, 3.8) is 0 Å². The minimum atomic E-state index is 0.418. The number of piperazine rings is 1. The third kappa shape index (κ3) is 3.87. The lowest BCUT2D eigenvalue weighted by molar-refractivity contribution is 0.122. The summed E-state index contributed by atoms with van der Waals surface area (Å²) in [7, 11) is 0. The fourth-order valence-corrected chi connectivity index (χ4v) is 3.31. The van der Waals surface area contributed by atoms with E-state index in [0.717, 1.165) is 50.1 Å². The molecule has 3 heterocycles. The fraction of sp³-hybridized carbons (Fsp3) is 0.643. The van der Waals surface area contributed by atoms with E-state index in [2.05, 4.69) is 43.2 Å². The van der Waals surface area contributed by atoms with Gasteiger partial charge in [0, 0.05) is 50.4 Å².